The minimum atomic E-state index is -0.490. The molecule has 5 nitrogen and oxygen atoms in total. The maximum atomic E-state index is 13.7. The molecule has 5 rings (SSSR count). The van der Waals surface area contributed by atoms with E-state index in [2.05, 4.69) is 10.3 Å². The van der Waals surface area contributed by atoms with E-state index < -0.39 is 5.92 Å². The Kier molecular flexibility index (Phi) is 5.32. The predicted molar refractivity (Wildman–Crippen MR) is 122 cm³/mol. The topological polar surface area (TPSA) is 62.3 Å². The maximum Gasteiger partial charge on any atom is 0.254 e. The number of anilines is 1. The standard InChI is InChI=1S/C25H25N3O2S/c1-16-12-13-21(26-15-16)27-24(29)22-18-9-4-5-10-19(18)25(30)28(17-7-2-3-8-17)23(22)20-11-6-14-31-20/h4-6,9-15,17,22-23H,2-3,7-8H2,1H3,(H,26,27,29). The second-order valence-corrected chi connectivity index (χ2v) is 9.37. The van der Waals surface area contributed by atoms with Crippen molar-refractivity contribution in [1.82, 2.24) is 9.88 Å². The van der Waals surface area contributed by atoms with Crippen molar-refractivity contribution in [1.29, 1.82) is 0 Å². The molecule has 3 heterocycles. The number of aryl methyl sites for hydroxylation is 1. The first kappa shape index (κ1) is 19.9. The van der Waals surface area contributed by atoms with Crippen molar-refractivity contribution < 1.29 is 9.59 Å². The van der Waals surface area contributed by atoms with Crippen LogP contribution in [0.15, 0.2) is 60.1 Å². The predicted octanol–water partition coefficient (Wildman–Crippen LogP) is 5.31. The molecule has 1 saturated carbocycles. The number of benzene rings is 1. The van der Waals surface area contributed by atoms with Crippen LogP contribution in [0.5, 0.6) is 0 Å². The zero-order valence-corrected chi connectivity index (χ0v) is 18.3. The summed E-state index contributed by atoms with van der Waals surface area (Å²) in [4.78, 5) is 34.8. The number of amides is 2. The van der Waals surface area contributed by atoms with Gasteiger partial charge in [-0.05, 0) is 54.5 Å². The minimum Gasteiger partial charge on any atom is -0.327 e. The Morgan fingerprint density at radius 2 is 1.90 bits per heavy atom. The van der Waals surface area contributed by atoms with Gasteiger partial charge in [-0.2, -0.15) is 0 Å². The smallest absolute Gasteiger partial charge is 0.254 e. The number of pyridine rings is 1. The molecule has 6 heteroatoms. The van der Waals surface area contributed by atoms with Crippen molar-refractivity contribution in [3.63, 3.8) is 0 Å². The monoisotopic (exact) mass is 431 g/mol. The average Bonchev–Trinajstić information content (AvgIpc) is 3.49. The lowest BCUT2D eigenvalue weighted by molar-refractivity contribution is -0.119. The summed E-state index contributed by atoms with van der Waals surface area (Å²) in [7, 11) is 0. The summed E-state index contributed by atoms with van der Waals surface area (Å²) in [5.41, 5.74) is 2.47. The Labute approximate surface area is 186 Å². The molecule has 2 atom stereocenters. The first-order valence-electron chi connectivity index (χ1n) is 10.8. The van der Waals surface area contributed by atoms with Gasteiger partial charge in [-0.3, -0.25) is 9.59 Å². The highest BCUT2D eigenvalue weighted by Crippen LogP contribution is 2.47. The van der Waals surface area contributed by atoms with Crippen LogP contribution in [-0.4, -0.2) is 27.7 Å². The van der Waals surface area contributed by atoms with Gasteiger partial charge in [-0.15, -0.1) is 11.3 Å². The number of rotatable bonds is 4. The zero-order chi connectivity index (χ0) is 21.4. The number of aromatic nitrogens is 1. The molecule has 2 aliphatic rings. The van der Waals surface area contributed by atoms with Crippen LogP contribution in [0.2, 0.25) is 0 Å². The van der Waals surface area contributed by atoms with Gasteiger partial charge in [-0.25, -0.2) is 4.98 Å². The molecule has 31 heavy (non-hydrogen) atoms. The fourth-order valence-electron chi connectivity index (χ4n) is 4.93. The van der Waals surface area contributed by atoms with E-state index in [0.717, 1.165) is 41.7 Å². The van der Waals surface area contributed by atoms with Gasteiger partial charge < -0.3 is 10.2 Å². The van der Waals surface area contributed by atoms with E-state index >= 15 is 0 Å². The molecular formula is C25H25N3O2S. The number of hydrogen-bond donors (Lipinski definition) is 1. The summed E-state index contributed by atoms with van der Waals surface area (Å²) < 4.78 is 0. The lowest BCUT2D eigenvalue weighted by Gasteiger charge is -2.44. The molecule has 1 N–H and O–H groups in total. The van der Waals surface area contributed by atoms with Crippen molar-refractivity contribution in [2.75, 3.05) is 5.32 Å². The molecule has 1 aliphatic carbocycles. The lowest BCUT2D eigenvalue weighted by Crippen LogP contribution is -2.49. The van der Waals surface area contributed by atoms with Crippen LogP contribution in [0.3, 0.4) is 0 Å². The summed E-state index contributed by atoms with van der Waals surface area (Å²) in [6, 6.07) is 15.2. The first-order chi connectivity index (χ1) is 15.1. The summed E-state index contributed by atoms with van der Waals surface area (Å²) >= 11 is 1.61. The van der Waals surface area contributed by atoms with Crippen LogP contribution in [0, 0.1) is 6.92 Å². The number of fused-ring (bicyclic) bond motifs is 1. The van der Waals surface area contributed by atoms with Crippen molar-refractivity contribution in [3.8, 4) is 0 Å². The third kappa shape index (κ3) is 3.65. The number of nitrogens with zero attached hydrogens (tertiary/aromatic N) is 2. The fourth-order valence-corrected chi connectivity index (χ4v) is 5.79. The van der Waals surface area contributed by atoms with Gasteiger partial charge in [0, 0.05) is 22.7 Å². The second kappa shape index (κ2) is 8.27. The molecule has 2 amide bonds. The Morgan fingerprint density at radius 1 is 1.10 bits per heavy atom. The molecule has 0 spiro atoms. The third-order valence-electron chi connectivity index (χ3n) is 6.37. The number of thiophene rings is 1. The first-order valence-corrected chi connectivity index (χ1v) is 11.7. The molecule has 1 aromatic carbocycles. The molecule has 3 aromatic rings. The minimum absolute atomic E-state index is 0.0402. The average molecular weight is 432 g/mol. The second-order valence-electron chi connectivity index (χ2n) is 8.39. The van der Waals surface area contributed by atoms with E-state index in [1.165, 1.54) is 0 Å². The quantitative estimate of drug-likeness (QED) is 0.609. The molecule has 158 valence electrons. The largest absolute Gasteiger partial charge is 0.327 e. The normalized spacial score (nSPS) is 21.2. The molecule has 0 radical (unpaired) electrons. The Bertz CT molecular complexity index is 1090. The van der Waals surface area contributed by atoms with Crippen LogP contribution in [0.1, 0.15) is 64.0 Å². The molecular weight excluding hydrogens is 406 g/mol. The molecule has 0 saturated heterocycles. The number of carbonyl (C=O) groups excluding carboxylic acids is 2. The van der Waals surface area contributed by atoms with Crippen LogP contribution in [0.25, 0.3) is 0 Å². The lowest BCUT2D eigenvalue weighted by atomic mass is 9.80. The highest BCUT2D eigenvalue weighted by molar-refractivity contribution is 7.10. The van der Waals surface area contributed by atoms with Crippen molar-refractivity contribution in [2.45, 2.75) is 50.6 Å². The SMILES string of the molecule is Cc1ccc(NC(=O)C2c3ccccc3C(=O)N(C3CCCC3)C2c2cccs2)nc1. The van der Waals surface area contributed by atoms with E-state index in [4.69, 9.17) is 0 Å². The maximum absolute atomic E-state index is 13.7. The number of nitrogens with one attached hydrogen (secondary N) is 1. The van der Waals surface area contributed by atoms with Crippen LogP contribution >= 0.6 is 11.3 Å². The van der Waals surface area contributed by atoms with Gasteiger partial charge in [0.25, 0.3) is 5.91 Å². The van der Waals surface area contributed by atoms with Crippen LogP contribution < -0.4 is 5.32 Å². The van der Waals surface area contributed by atoms with Gasteiger partial charge in [0.15, 0.2) is 0 Å². The Hall–Kier alpha value is -2.99. The summed E-state index contributed by atoms with van der Waals surface area (Å²) in [6.07, 6.45) is 5.97. The van der Waals surface area contributed by atoms with Crippen LogP contribution in [-0.2, 0) is 4.79 Å². The fraction of sp³-hybridized carbons (Fsp3) is 0.320. The molecule has 2 unspecified atom stereocenters. The van der Waals surface area contributed by atoms with Gasteiger partial charge in [0.05, 0.1) is 12.0 Å². The van der Waals surface area contributed by atoms with E-state index in [1.54, 1.807) is 17.5 Å². The molecule has 1 aliphatic heterocycles. The summed E-state index contributed by atoms with van der Waals surface area (Å²) in [5, 5.41) is 5.03. The molecule has 1 fully saturated rings. The van der Waals surface area contributed by atoms with Crippen LogP contribution in [0.4, 0.5) is 5.82 Å². The zero-order valence-electron chi connectivity index (χ0n) is 17.5. The van der Waals surface area contributed by atoms with Crippen molar-refractivity contribution in [3.05, 3.63) is 81.7 Å². The number of hydrogen-bond acceptors (Lipinski definition) is 4. The Morgan fingerprint density at radius 3 is 2.61 bits per heavy atom. The van der Waals surface area contributed by atoms with Gasteiger partial charge >= 0.3 is 0 Å². The van der Waals surface area contributed by atoms with E-state index in [1.807, 2.05) is 65.7 Å². The van der Waals surface area contributed by atoms with Crippen molar-refractivity contribution >= 4 is 29.0 Å². The van der Waals surface area contributed by atoms with E-state index in [0.29, 0.717) is 11.4 Å². The van der Waals surface area contributed by atoms with E-state index in [-0.39, 0.29) is 23.9 Å². The van der Waals surface area contributed by atoms with Gasteiger partial charge in [0.1, 0.15) is 5.82 Å². The molecule has 0 bridgehead atoms. The number of carbonyl (C=O) groups is 2. The van der Waals surface area contributed by atoms with E-state index in [9.17, 15) is 9.59 Å². The third-order valence-corrected chi connectivity index (χ3v) is 7.32. The van der Waals surface area contributed by atoms with Gasteiger partial charge in [0.2, 0.25) is 5.91 Å². The molecule has 2 aromatic heterocycles. The van der Waals surface area contributed by atoms with Crippen molar-refractivity contribution in [2.24, 2.45) is 0 Å². The highest BCUT2D eigenvalue weighted by atomic mass is 32.1. The highest BCUT2D eigenvalue weighted by Gasteiger charge is 2.47. The summed E-state index contributed by atoms with van der Waals surface area (Å²) in [6.45, 7) is 1.97. The summed E-state index contributed by atoms with van der Waals surface area (Å²) in [5.74, 6) is -0.0466. The van der Waals surface area contributed by atoms with Gasteiger partial charge in [-0.1, -0.05) is 43.2 Å². The Balaban J connectivity index is 1.61.